The summed E-state index contributed by atoms with van der Waals surface area (Å²) in [5.74, 6) is -0.847. The van der Waals surface area contributed by atoms with Gasteiger partial charge in [0, 0.05) is 12.6 Å². The van der Waals surface area contributed by atoms with E-state index in [1.165, 1.54) is 11.1 Å². The van der Waals surface area contributed by atoms with Crippen LogP contribution in [0.1, 0.15) is 36.9 Å². The zero-order chi connectivity index (χ0) is 13.1. The second-order valence-corrected chi connectivity index (χ2v) is 5.15. The lowest BCUT2D eigenvalue weighted by Gasteiger charge is -2.27. The highest BCUT2D eigenvalue weighted by Crippen LogP contribution is 2.30. The standard InChI is InChI=1S/C15H21NO2/c1-3-14(12-6-4-11(2)5-7-12)16-9-8-13(10-16)15(17)18/h4-7,13-14H,3,8-10H2,1-2H3,(H,17,18). The summed E-state index contributed by atoms with van der Waals surface area (Å²) in [5.41, 5.74) is 2.56. The molecule has 2 rings (SSSR count). The maximum absolute atomic E-state index is 11.0. The van der Waals surface area contributed by atoms with Crippen LogP contribution in [0.25, 0.3) is 0 Å². The molecule has 0 bridgehead atoms. The first-order chi connectivity index (χ1) is 8.61. The van der Waals surface area contributed by atoms with Crippen molar-refractivity contribution in [3.63, 3.8) is 0 Å². The Labute approximate surface area is 108 Å². The number of rotatable bonds is 4. The Bertz CT molecular complexity index is 413. The summed E-state index contributed by atoms with van der Waals surface area (Å²) in [4.78, 5) is 13.3. The molecule has 3 nitrogen and oxygen atoms in total. The topological polar surface area (TPSA) is 40.5 Å². The molecule has 18 heavy (non-hydrogen) atoms. The molecule has 1 N–H and O–H groups in total. The van der Waals surface area contributed by atoms with Crippen LogP contribution in [0.2, 0.25) is 0 Å². The Morgan fingerprint density at radius 1 is 1.44 bits per heavy atom. The predicted molar refractivity (Wildman–Crippen MR) is 71.5 cm³/mol. The summed E-state index contributed by atoms with van der Waals surface area (Å²) in [6.45, 7) is 5.82. The van der Waals surface area contributed by atoms with Gasteiger partial charge in [0.25, 0.3) is 0 Å². The number of carboxylic acids is 1. The van der Waals surface area contributed by atoms with E-state index < -0.39 is 5.97 Å². The molecule has 1 aromatic rings. The largest absolute Gasteiger partial charge is 0.481 e. The van der Waals surface area contributed by atoms with Gasteiger partial charge in [-0.25, -0.2) is 0 Å². The minimum absolute atomic E-state index is 0.190. The lowest BCUT2D eigenvalue weighted by atomic mass is 10.0. The van der Waals surface area contributed by atoms with Crippen molar-refractivity contribution in [1.29, 1.82) is 0 Å². The van der Waals surface area contributed by atoms with Crippen molar-refractivity contribution < 1.29 is 9.90 Å². The quantitative estimate of drug-likeness (QED) is 0.889. The number of benzene rings is 1. The highest BCUT2D eigenvalue weighted by atomic mass is 16.4. The molecule has 3 heteroatoms. The summed E-state index contributed by atoms with van der Waals surface area (Å²) in [7, 11) is 0. The van der Waals surface area contributed by atoms with Gasteiger partial charge in [-0.1, -0.05) is 36.8 Å². The van der Waals surface area contributed by atoms with Crippen LogP contribution >= 0.6 is 0 Å². The summed E-state index contributed by atoms with van der Waals surface area (Å²) in [6, 6.07) is 8.94. The van der Waals surface area contributed by atoms with Crippen molar-refractivity contribution in [1.82, 2.24) is 4.90 Å². The fraction of sp³-hybridized carbons (Fsp3) is 0.533. The SMILES string of the molecule is CCC(c1ccc(C)cc1)N1CCC(C(=O)O)C1. The number of aryl methyl sites for hydroxylation is 1. The summed E-state index contributed by atoms with van der Waals surface area (Å²) in [6.07, 6.45) is 1.80. The summed E-state index contributed by atoms with van der Waals surface area (Å²) in [5, 5.41) is 9.07. The first kappa shape index (κ1) is 13.1. The van der Waals surface area contributed by atoms with Gasteiger partial charge in [-0.05, 0) is 31.9 Å². The molecule has 0 amide bonds. The average Bonchev–Trinajstić information content (AvgIpc) is 2.82. The van der Waals surface area contributed by atoms with Gasteiger partial charge < -0.3 is 5.11 Å². The molecule has 0 saturated carbocycles. The first-order valence-corrected chi connectivity index (χ1v) is 6.65. The number of carbonyl (C=O) groups is 1. The summed E-state index contributed by atoms with van der Waals surface area (Å²) >= 11 is 0. The molecule has 1 aromatic carbocycles. The molecule has 0 aliphatic carbocycles. The third-order valence-corrected chi connectivity index (χ3v) is 3.86. The van der Waals surface area contributed by atoms with Crippen LogP contribution in [-0.2, 0) is 4.79 Å². The van der Waals surface area contributed by atoms with E-state index in [9.17, 15) is 4.79 Å². The molecular weight excluding hydrogens is 226 g/mol. The van der Waals surface area contributed by atoms with E-state index in [4.69, 9.17) is 5.11 Å². The van der Waals surface area contributed by atoms with Gasteiger partial charge in [0.2, 0.25) is 0 Å². The molecular formula is C15H21NO2. The summed E-state index contributed by atoms with van der Waals surface area (Å²) < 4.78 is 0. The maximum atomic E-state index is 11.0. The van der Waals surface area contributed by atoms with Crippen molar-refractivity contribution in [3.05, 3.63) is 35.4 Å². The van der Waals surface area contributed by atoms with Gasteiger partial charge >= 0.3 is 5.97 Å². The molecule has 98 valence electrons. The molecule has 1 aliphatic rings. The Morgan fingerprint density at radius 2 is 2.11 bits per heavy atom. The van der Waals surface area contributed by atoms with Crippen LogP contribution in [0.3, 0.4) is 0 Å². The number of hydrogen-bond acceptors (Lipinski definition) is 2. The van der Waals surface area contributed by atoms with E-state index >= 15 is 0 Å². The number of likely N-dealkylation sites (tertiary alicyclic amines) is 1. The minimum atomic E-state index is -0.656. The molecule has 1 saturated heterocycles. The molecule has 1 heterocycles. The highest BCUT2D eigenvalue weighted by molar-refractivity contribution is 5.70. The number of aliphatic carboxylic acids is 1. The van der Waals surface area contributed by atoms with Gasteiger partial charge in [0.05, 0.1) is 5.92 Å². The molecule has 1 fully saturated rings. The van der Waals surface area contributed by atoms with Crippen LogP contribution in [0.4, 0.5) is 0 Å². The monoisotopic (exact) mass is 247 g/mol. The van der Waals surface area contributed by atoms with Crippen LogP contribution in [-0.4, -0.2) is 29.1 Å². The Morgan fingerprint density at radius 3 is 2.61 bits per heavy atom. The van der Waals surface area contributed by atoms with Crippen molar-refractivity contribution in [2.24, 2.45) is 5.92 Å². The lowest BCUT2D eigenvalue weighted by molar-refractivity contribution is -0.141. The normalized spacial score (nSPS) is 22.0. The minimum Gasteiger partial charge on any atom is -0.481 e. The van der Waals surface area contributed by atoms with Crippen LogP contribution in [0.15, 0.2) is 24.3 Å². The van der Waals surface area contributed by atoms with Gasteiger partial charge in [-0.2, -0.15) is 0 Å². The van der Waals surface area contributed by atoms with Crippen molar-refractivity contribution in [2.75, 3.05) is 13.1 Å². The van der Waals surface area contributed by atoms with Crippen molar-refractivity contribution in [2.45, 2.75) is 32.7 Å². The molecule has 0 radical (unpaired) electrons. The molecule has 0 aromatic heterocycles. The fourth-order valence-electron chi connectivity index (χ4n) is 2.77. The zero-order valence-corrected chi connectivity index (χ0v) is 11.1. The van der Waals surface area contributed by atoms with E-state index in [1.54, 1.807) is 0 Å². The lowest BCUT2D eigenvalue weighted by Crippen LogP contribution is -2.27. The van der Waals surface area contributed by atoms with Gasteiger partial charge in [-0.3, -0.25) is 9.69 Å². The number of carboxylic acid groups (broad SMARTS) is 1. The molecule has 2 unspecified atom stereocenters. The Kier molecular flexibility index (Phi) is 4.02. The van der Waals surface area contributed by atoms with E-state index in [0.717, 1.165) is 19.4 Å². The fourth-order valence-corrected chi connectivity index (χ4v) is 2.77. The zero-order valence-electron chi connectivity index (χ0n) is 11.1. The third-order valence-electron chi connectivity index (χ3n) is 3.86. The van der Waals surface area contributed by atoms with Crippen LogP contribution < -0.4 is 0 Å². The van der Waals surface area contributed by atoms with Gasteiger partial charge in [0.15, 0.2) is 0 Å². The predicted octanol–water partition coefficient (Wildman–Crippen LogP) is 2.85. The van der Waals surface area contributed by atoms with Crippen molar-refractivity contribution in [3.8, 4) is 0 Å². The van der Waals surface area contributed by atoms with E-state index in [2.05, 4.69) is 43.0 Å². The smallest absolute Gasteiger partial charge is 0.307 e. The first-order valence-electron chi connectivity index (χ1n) is 6.65. The Balaban J connectivity index is 2.10. The number of nitrogens with zero attached hydrogens (tertiary/aromatic N) is 1. The Hall–Kier alpha value is -1.35. The number of hydrogen-bond donors (Lipinski definition) is 1. The van der Waals surface area contributed by atoms with Gasteiger partial charge in [0.1, 0.15) is 0 Å². The van der Waals surface area contributed by atoms with E-state index in [1.807, 2.05) is 0 Å². The highest BCUT2D eigenvalue weighted by Gasteiger charge is 2.31. The average molecular weight is 247 g/mol. The van der Waals surface area contributed by atoms with E-state index in [0.29, 0.717) is 12.6 Å². The van der Waals surface area contributed by atoms with Crippen LogP contribution in [0.5, 0.6) is 0 Å². The van der Waals surface area contributed by atoms with Gasteiger partial charge in [-0.15, -0.1) is 0 Å². The third kappa shape index (κ3) is 2.72. The molecule has 0 spiro atoms. The van der Waals surface area contributed by atoms with Crippen molar-refractivity contribution >= 4 is 5.97 Å². The second kappa shape index (κ2) is 5.53. The van der Waals surface area contributed by atoms with E-state index in [-0.39, 0.29) is 5.92 Å². The second-order valence-electron chi connectivity index (χ2n) is 5.15. The molecule has 1 aliphatic heterocycles. The molecule has 2 atom stereocenters. The maximum Gasteiger partial charge on any atom is 0.307 e. The van der Waals surface area contributed by atoms with Crippen LogP contribution in [0, 0.1) is 12.8 Å².